The van der Waals surface area contributed by atoms with Gasteiger partial charge in [-0.1, -0.05) is 51.0 Å². The fraction of sp³-hybridized carbons (Fsp3) is 0.500. The molecule has 0 spiro atoms. The number of nitrogens with zero attached hydrogens (tertiary/aromatic N) is 3. The van der Waals surface area contributed by atoms with Crippen LogP contribution < -0.4 is 11.1 Å². The first-order valence-corrected chi connectivity index (χ1v) is 9.15. The van der Waals surface area contributed by atoms with Crippen molar-refractivity contribution in [2.45, 2.75) is 59.2 Å². The van der Waals surface area contributed by atoms with Gasteiger partial charge in [0.05, 0.1) is 13.1 Å². The van der Waals surface area contributed by atoms with Gasteiger partial charge in [-0.2, -0.15) is 5.10 Å². The number of benzene rings is 1. The van der Waals surface area contributed by atoms with Crippen LogP contribution >= 0.6 is 0 Å². The van der Waals surface area contributed by atoms with Gasteiger partial charge in [-0.3, -0.25) is 4.68 Å². The molecule has 0 saturated carbocycles. The molecule has 0 bridgehead atoms. The molecule has 25 heavy (non-hydrogen) atoms. The summed E-state index contributed by atoms with van der Waals surface area (Å²) < 4.78 is 1.92. The zero-order valence-electron chi connectivity index (χ0n) is 15.7. The van der Waals surface area contributed by atoms with Crippen molar-refractivity contribution in [3.8, 4) is 0 Å². The van der Waals surface area contributed by atoms with Gasteiger partial charge in [0, 0.05) is 18.4 Å². The third-order valence-corrected chi connectivity index (χ3v) is 4.24. The van der Waals surface area contributed by atoms with E-state index in [2.05, 4.69) is 48.3 Å². The normalized spacial score (nSPS) is 13.2. The minimum absolute atomic E-state index is 0.349. The van der Waals surface area contributed by atoms with E-state index in [1.807, 2.05) is 29.1 Å². The van der Waals surface area contributed by atoms with Crippen molar-refractivity contribution in [2.24, 2.45) is 16.6 Å². The highest BCUT2D eigenvalue weighted by molar-refractivity contribution is 5.78. The molecule has 0 aliphatic carbocycles. The SMILES string of the molecule is CC(C)CCCC(C)NC(N)=NCc1ccccc1Cn1cccn1. The molecule has 1 atom stereocenters. The van der Waals surface area contributed by atoms with Gasteiger partial charge in [0.25, 0.3) is 0 Å². The van der Waals surface area contributed by atoms with Crippen LogP contribution in [0, 0.1) is 5.92 Å². The maximum Gasteiger partial charge on any atom is 0.189 e. The molecule has 136 valence electrons. The first-order chi connectivity index (χ1) is 12.0. The Morgan fingerprint density at radius 1 is 1.16 bits per heavy atom. The number of nitrogens with two attached hydrogens (primary N) is 1. The summed E-state index contributed by atoms with van der Waals surface area (Å²) in [5.41, 5.74) is 8.45. The van der Waals surface area contributed by atoms with E-state index in [-0.39, 0.29) is 0 Å². The Morgan fingerprint density at radius 3 is 2.60 bits per heavy atom. The number of guanidine groups is 1. The quantitative estimate of drug-likeness (QED) is 0.541. The van der Waals surface area contributed by atoms with Gasteiger partial charge in [-0.25, -0.2) is 4.99 Å². The zero-order valence-corrected chi connectivity index (χ0v) is 15.7. The van der Waals surface area contributed by atoms with E-state index in [0.717, 1.165) is 18.9 Å². The van der Waals surface area contributed by atoms with Gasteiger partial charge >= 0.3 is 0 Å². The van der Waals surface area contributed by atoms with Gasteiger partial charge < -0.3 is 11.1 Å². The minimum Gasteiger partial charge on any atom is -0.370 e. The summed E-state index contributed by atoms with van der Waals surface area (Å²) in [4.78, 5) is 4.52. The first kappa shape index (κ1) is 19.0. The Kier molecular flexibility index (Phi) is 7.51. The molecule has 0 fully saturated rings. The summed E-state index contributed by atoms with van der Waals surface area (Å²) in [6.07, 6.45) is 7.35. The molecule has 2 aromatic rings. The van der Waals surface area contributed by atoms with E-state index in [1.165, 1.54) is 24.0 Å². The van der Waals surface area contributed by atoms with Crippen molar-refractivity contribution in [3.63, 3.8) is 0 Å². The van der Waals surface area contributed by atoms with E-state index in [1.54, 1.807) is 6.20 Å². The number of nitrogens with one attached hydrogen (secondary N) is 1. The third kappa shape index (κ3) is 6.99. The Labute approximate surface area is 151 Å². The fourth-order valence-electron chi connectivity index (χ4n) is 2.81. The van der Waals surface area contributed by atoms with Crippen LogP contribution in [0.15, 0.2) is 47.7 Å². The van der Waals surface area contributed by atoms with Gasteiger partial charge in [-0.15, -0.1) is 0 Å². The summed E-state index contributed by atoms with van der Waals surface area (Å²) in [7, 11) is 0. The predicted octanol–water partition coefficient (Wildman–Crippen LogP) is 3.55. The van der Waals surface area contributed by atoms with Crippen molar-refractivity contribution in [2.75, 3.05) is 0 Å². The van der Waals surface area contributed by atoms with E-state index < -0.39 is 0 Å². The largest absolute Gasteiger partial charge is 0.370 e. The lowest BCUT2D eigenvalue weighted by Gasteiger charge is -2.15. The monoisotopic (exact) mass is 341 g/mol. The third-order valence-electron chi connectivity index (χ3n) is 4.24. The van der Waals surface area contributed by atoms with E-state index >= 15 is 0 Å². The van der Waals surface area contributed by atoms with Crippen molar-refractivity contribution < 1.29 is 0 Å². The number of aliphatic imine (C=N–C) groups is 1. The zero-order chi connectivity index (χ0) is 18.1. The van der Waals surface area contributed by atoms with Crippen LogP contribution in [-0.4, -0.2) is 21.8 Å². The van der Waals surface area contributed by atoms with Gasteiger partial charge in [-0.05, 0) is 36.5 Å². The average molecular weight is 342 g/mol. The van der Waals surface area contributed by atoms with E-state index in [9.17, 15) is 0 Å². The predicted molar refractivity (Wildman–Crippen MR) is 104 cm³/mol. The van der Waals surface area contributed by atoms with Crippen molar-refractivity contribution in [1.29, 1.82) is 0 Å². The second-order valence-electron chi connectivity index (χ2n) is 7.04. The standard InChI is InChI=1S/C20H31N5/c1-16(2)8-6-9-17(3)24-20(21)22-14-18-10-4-5-11-19(18)15-25-13-7-12-23-25/h4-5,7,10-13,16-17H,6,8-9,14-15H2,1-3H3,(H3,21,22,24). The van der Waals surface area contributed by atoms with Crippen LogP contribution in [0.4, 0.5) is 0 Å². The Bertz CT molecular complexity index is 646. The average Bonchev–Trinajstić information content (AvgIpc) is 3.06. The van der Waals surface area contributed by atoms with Crippen LogP contribution in [-0.2, 0) is 13.1 Å². The van der Waals surface area contributed by atoms with Crippen LogP contribution in [0.1, 0.15) is 51.2 Å². The second-order valence-corrected chi connectivity index (χ2v) is 7.04. The smallest absolute Gasteiger partial charge is 0.189 e. The number of hydrogen-bond donors (Lipinski definition) is 2. The van der Waals surface area contributed by atoms with E-state index in [4.69, 9.17) is 5.73 Å². The van der Waals surface area contributed by atoms with Gasteiger partial charge in [0.1, 0.15) is 0 Å². The van der Waals surface area contributed by atoms with Crippen molar-refractivity contribution in [1.82, 2.24) is 15.1 Å². The lowest BCUT2D eigenvalue weighted by Crippen LogP contribution is -2.38. The summed E-state index contributed by atoms with van der Waals surface area (Å²) >= 11 is 0. The molecule has 0 amide bonds. The van der Waals surface area contributed by atoms with Crippen LogP contribution in [0.5, 0.6) is 0 Å². The topological polar surface area (TPSA) is 68.2 Å². The van der Waals surface area contributed by atoms with Crippen molar-refractivity contribution >= 4 is 5.96 Å². The Hall–Kier alpha value is -2.30. The number of rotatable bonds is 9. The van der Waals surface area contributed by atoms with Crippen LogP contribution in [0.3, 0.4) is 0 Å². The maximum atomic E-state index is 6.06. The lowest BCUT2D eigenvalue weighted by molar-refractivity contribution is 0.493. The van der Waals surface area contributed by atoms with E-state index in [0.29, 0.717) is 18.5 Å². The first-order valence-electron chi connectivity index (χ1n) is 9.15. The molecule has 3 N–H and O–H groups in total. The molecule has 0 aliphatic rings. The molecular weight excluding hydrogens is 310 g/mol. The number of aromatic nitrogens is 2. The molecule has 1 heterocycles. The second kappa shape index (κ2) is 9.87. The van der Waals surface area contributed by atoms with Crippen LogP contribution in [0.2, 0.25) is 0 Å². The van der Waals surface area contributed by atoms with Crippen LogP contribution in [0.25, 0.3) is 0 Å². The fourth-order valence-corrected chi connectivity index (χ4v) is 2.81. The molecule has 1 aromatic carbocycles. The minimum atomic E-state index is 0.349. The number of hydrogen-bond acceptors (Lipinski definition) is 2. The summed E-state index contributed by atoms with van der Waals surface area (Å²) in [6, 6.07) is 10.6. The molecule has 0 saturated heterocycles. The highest BCUT2D eigenvalue weighted by Crippen LogP contribution is 2.12. The molecule has 1 aromatic heterocycles. The lowest BCUT2D eigenvalue weighted by atomic mass is 10.0. The molecule has 5 nitrogen and oxygen atoms in total. The highest BCUT2D eigenvalue weighted by atomic mass is 15.3. The Morgan fingerprint density at radius 2 is 1.92 bits per heavy atom. The Balaban J connectivity index is 1.87. The summed E-state index contributed by atoms with van der Waals surface area (Å²) in [5.74, 6) is 1.27. The molecule has 5 heteroatoms. The molecule has 2 rings (SSSR count). The molecule has 0 aliphatic heterocycles. The highest BCUT2D eigenvalue weighted by Gasteiger charge is 2.05. The summed E-state index contributed by atoms with van der Waals surface area (Å²) in [5, 5.41) is 7.57. The molecular formula is C20H31N5. The van der Waals surface area contributed by atoms with Crippen molar-refractivity contribution in [3.05, 3.63) is 53.9 Å². The summed E-state index contributed by atoms with van der Waals surface area (Å²) in [6.45, 7) is 8.00. The molecule has 1 unspecified atom stereocenters. The molecule has 0 radical (unpaired) electrons. The van der Waals surface area contributed by atoms with Gasteiger partial charge in [0.15, 0.2) is 5.96 Å². The maximum absolute atomic E-state index is 6.06. The van der Waals surface area contributed by atoms with Gasteiger partial charge in [0.2, 0.25) is 0 Å².